The van der Waals surface area contributed by atoms with Crippen molar-refractivity contribution in [3.63, 3.8) is 0 Å². The summed E-state index contributed by atoms with van der Waals surface area (Å²) in [6.07, 6.45) is 2.44. The summed E-state index contributed by atoms with van der Waals surface area (Å²) < 4.78 is 1.40. The number of aliphatic carboxylic acids is 1. The van der Waals surface area contributed by atoms with Crippen molar-refractivity contribution in [1.82, 2.24) is 30.0 Å². The summed E-state index contributed by atoms with van der Waals surface area (Å²) in [6, 6.07) is -0.954. The van der Waals surface area contributed by atoms with E-state index in [4.69, 9.17) is 10.6 Å². The molecule has 36 heavy (non-hydrogen) atoms. The number of carbonyl (C=O) groups excluding carboxylic acids is 2. The molecule has 2 atom stereocenters. The van der Waals surface area contributed by atoms with Crippen molar-refractivity contribution in [2.45, 2.75) is 16.6 Å². The molecule has 0 spiro atoms. The van der Waals surface area contributed by atoms with Gasteiger partial charge in [-0.3, -0.25) is 19.3 Å². The number of nitrogens with one attached hydrogen (secondary N) is 1. The zero-order chi connectivity index (χ0) is 25.3. The van der Waals surface area contributed by atoms with Crippen LogP contribution in [-0.2, 0) is 26.3 Å². The molecule has 14 nitrogen and oxygen atoms in total. The molecule has 4 rings (SSSR count). The van der Waals surface area contributed by atoms with E-state index in [1.165, 1.54) is 29.8 Å². The van der Waals surface area contributed by atoms with Gasteiger partial charge >= 0.3 is 35.5 Å². The van der Waals surface area contributed by atoms with Crippen LogP contribution in [0.15, 0.2) is 38.8 Å². The number of carboxylic acid groups (broad SMARTS) is 1. The first-order valence-electron chi connectivity index (χ1n) is 9.78. The minimum absolute atomic E-state index is 0. The van der Waals surface area contributed by atoms with Gasteiger partial charge in [-0.15, -0.1) is 11.8 Å². The van der Waals surface area contributed by atoms with Gasteiger partial charge in [-0.25, -0.2) is 14.5 Å². The fraction of sp³-hybridized carbons (Fsp3) is 0.333. The van der Waals surface area contributed by atoms with Gasteiger partial charge in [-0.2, -0.15) is 10.1 Å². The molecule has 0 unspecified atom stereocenters. The first-order chi connectivity index (χ1) is 16.7. The molecule has 0 aliphatic carbocycles. The van der Waals surface area contributed by atoms with Crippen LogP contribution in [0, 0.1) is 0 Å². The molecule has 0 saturated carbocycles. The number of thioether (sulfide) groups is 2. The van der Waals surface area contributed by atoms with Crippen LogP contribution in [0.25, 0.3) is 0 Å². The molecule has 2 amide bonds. The van der Waals surface area contributed by atoms with E-state index in [2.05, 4.69) is 25.5 Å². The Hall–Kier alpha value is -2.44. The van der Waals surface area contributed by atoms with Crippen LogP contribution in [0.4, 0.5) is 5.13 Å². The molecule has 2 aliphatic heterocycles. The van der Waals surface area contributed by atoms with E-state index >= 15 is 0 Å². The van der Waals surface area contributed by atoms with Gasteiger partial charge in [-0.05, 0) is 5.57 Å². The number of hydrogen-bond acceptors (Lipinski definition) is 13. The summed E-state index contributed by atoms with van der Waals surface area (Å²) >= 11 is 3.48. The van der Waals surface area contributed by atoms with Crippen molar-refractivity contribution >= 4 is 93.0 Å². The second-order valence-corrected chi connectivity index (χ2v) is 10.2. The number of nitrogens with zero attached hydrogens (tertiary/aromatic N) is 6. The summed E-state index contributed by atoms with van der Waals surface area (Å²) in [5.41, 5.74) is 5.35. The molecule has 2 aromatic rings. The Morgan fingerprint density at radius 2 is 2.14 bits per heavy atom. The van der Waals surface area contributed by atoms with Crippen LogP contribution in [0.2, 0.25) is 0 Å². The minimum atomic E-state index is -1.26. The fourth-order valence-corrected chi connectivity index (χ4v) is 6.42. The third-order valence-electron chi connectivity index (χ3n) is 4.89. The number of carbonyl (C=O) groups is 3. The van der Waals surface area contributed by atoms with Gasteiger partial charge in [0.05, 0.1) is 4.88 Å². The van der Waals surface area contributed by atoms with E-state index < -0.39 is 34.8 Å². The van der Waals surface area contributed by atoms with Gasteiger partial charge in [0.15, 0.2) is 16.0 Å². The molecule has 1 saturated heterocycles. The maximum atomic E-state index is 12.9. The van der Waals surface area contributed by atoms with Crippen LogP contribution in [-0.4, -0.2) is 113 Å². The molecular formula is C18H19N8NaO6S3. The Balaban J connectivity index is 0.00000361. The second-order valence-electron chi connectivity index (χ2n) is 7.09. The SMILES string of the molecule is CON=C(C(=O)N[C@@H]1C(=O)N2C(C(=O)O)=C(CSc3nc(=O)cnn3C)CS[C@H]12)c1cnc(N)s1.[NaH]. The fourth-order valence-electron chi connectivity index (χ4n) is 3.35. The number of anilines is 1. The molecule has 2 aromatic heterocycles. The number of amides is 2. The zero-order valence-corrected chi connectivity index (χ0v) is 20.6. The number of aromatic nitrogens is 4. The number of hydrogen-bond donors (Lipinski definition) is 3. The van der Waals surface area contributed by atoms with Gasteiger partial charge in [-0.1, -0.05) is 28.3 Å². The van der Waals surface area contributed by atoms with Crippen molar-refractivity contribution in [3.05, 3.63) is 38.9 Å². The summed E-state index contributed by atoms with van der Waals surface area (Å²) in [5.74, 6) is -2.03. The van der Waals surface area contributed by atoms with Crippen LogP contribution in [0.3, 0.4) is 0 Å². The van der Waals surface area contributed by atoms with E-state index in [0.717, 1.165) is 34.2 Å². The number of rotatable bonds is 8. The van der Waals surface area contributed by atoms with E-state index in [0.29, 0.717) is 21.4 Å². The average molecular weight is 563 g/mol. The Kier molecular flexibility index (Phi) is 9.18. The topological polar surface area (TPSA) is 195 Å². The van der Waals surface area contributed by atoms with Gasteiger partial charge < -0.3 is 21.0 Å². The molecule has 0 radical (unpaired) electrons. The number of aryl methyl sites for hydroxylation is 1. The van der Waals surface area contributed by atoms with Crippen molar-refractivity contribution in [1.29, 1.82) is 0 Å². The third kappa shape index (κ3) is 5.60. The number of thiazole rings is 1. The zero-order valence-electron chi connectivity index (χ0n) is 18.2. The summed E-state index contributed by atoms with van der Waals surface area (Å²) in [4.78, 5) is 63.3. The summed E-state index contributed by atoms with van der Waals surface area (Å²) in [7, 11) is 2.88. The van der Waals surface area contributed by atoms with Crippen molar-refractivity contribution in [3.8, 4) is 0 Å². The third-order valence-corrected chi connectivity index (χ3v) is 8.17. The van der Waals surface area contributed by atoms with Crippen molar-refractivity contribution < 1.29 is 24.3 Å². The van der Waals surface area contributed by atoms with E-state index in [-0.39, 0.29) is 51.9 Å². The van der Waals surface area contributed by atoms with E-state index in [9.17, 15) is 24.3 Å². The molecular weight excluding hydrogens is 543 g/mol. The van der Waals surface area contributed by atoms with Crippen molar-refractivity contribution in [2.75, 3.05) is 24.3 Å². The molecule has 1 fully saturated rings. The molecule has 0 aromatic carbocycles. The Morgan fingerprint density at radius 3 is 2.78 bits per heavy atom. The van der Waals surface area contributed by atoms with Gasteiger partial charge in [0.1, 0.15) is 30.4 Å². The standard InChI is InChI=1S/C18H18N8O6S3.Na.H/c1-25-18(22-9(27)4-21-25)34-6-7-5-33-15-11(14(29)26(15)12(7)16(30)31)23-13(28)10(24-32-2)8-3-20-17(19)35-8;;/h3-4,11,15H,5-6H2,1-2H3,(H2,19,20)(H,23,28)(H,30,31);;/t11-,15-;;/m1../s1. The number of carboxylic acids is 1. The van der Waals surface area contributed by atoms with Crippen molar-refractivity contribution in [2.24, 2.45) is 12.2 Å². The molecule has 0 bridgehead atoms. The Morgan fingerprint density at radius 1 is 1.39 bits per heavy atom. The second kappa shape index (κ2) is 11.7. The normalized spacial score (nSPS) is 19.2. The molecule has 186 valence electrons. The van der Waals surface area contributed by atoms with Gasteiger partial charge in [0, 0.05) is 24.8 Å². The van der Waals surface area contributed by atoms with Crippen LogP contribution in [0.1, 0.15) is 4.88 Å². The molecule has 4 N–H and O–H groups in total. The summed E-state index contributed by atoms with van der Waals surface area (Å²) in [5, 5.41) is 20.0. The summed E-state index contributed by atoms with van der Waals surface area (Å²) in [6.45, 7) is 0. The van der Waals surface area contributed by atoms with Crippen LogP contribution in [0.5, 0.6) is 0 Å². The average Bonchev–Trinajstić information content (AvgIpc) is 3.26. The van der Waals surface area contributed by atoms with Crippen LogP contribution < -0.4 is 16.6 Å². The molecule has 2 aliphatic rings. The quantitative estimate of drug-likeness (QED) is 0.110. The monoisotopic (exact) mass is 562 g/mol. The number of nitrogen functional groups attached to an aromatic ring is 1. The predicted octanol–water partition coefficient (Wildman–Crippen LogP) is -1.55. The van der Waals surface area contributed by atoms with E-state index in [1.54, 1.807) is 7.05 Å². The first kappa shape index (κ1) is 28.1. The number of nitrogens with two attached hydrogens (primary N) is 1. The van der Waals surface area contributed by atoms with Gasteiger partial charge in [0.2, 0.25) is 0 Å². The maximum absolute atomic E-state index is 12.9. The number of β-lactam (4-membered cyclic amide) rings is 1. The van der Waals surface area contributed by atoms with Crippen LogP contribution >= 0.6 is 34.9 Å². The van der Waals surface area contributed by atoms with E-state index in [1.807, 2.05) is 0 Å². The Labute approximate surface area is 238 Å². The molecule has 18 heteroatoms. The number of oxime groups is 1. The molecule has 4 heterocycles. The number of fused-ring (bicyclic) bond motifs is 1. The Bertz CT molecular complexity index is 1330. The first-order valence-corrected chi connectivity index (χ1v) is 12.6. The van der Waals surface area contributed by atoms with Gasteiger partial charge in [0.25, 0.3) is 17.4 Å². The predicted molar refractivity (Wildman–Crippen MR) is 135 cm³/mol.